The second-order valence-corrected chi connectivity index (χ2v) is 5.81. The third kappa shape index (κ3) is 10.6. The molecule has 0 heterocycles. The largest absolute Gasteiger partial charge is 0.462 e. The Balaban J connectivity index is 0. The van der Waals surface area contributed by atoms with Crippen molar-refractivity contribution in [3.05, 3.63) is 47.0 Å². The van der Waals surface area contributed by atoms with Crippen molar-refractivity contribution in [2.45, 2.75) is 27.2 Å². The first-order valence-corrected chi connectivity index (χ1v) is 7.85. The van der Waals surface area contributed by atoms with Crippen molar-refractivity contribution in [2.24, 2.45) is 0 Å². The molecule has 132 valence electrons. The summed E-state index contributed by atoms with van der Waals surface area (Å²) in [5.74, 6) is -0.315. The number of carbonyl (C=O) groups is 1. The van der Waals surface area contributed by atoms with Gasteiger partial charge < -0.3 is 10.9 Å². The van der Waals surface area contributed by atoms with Crippen LogP contribution in [-0.4, -0.2) is 32.7 Å². The van der Waals surface area contributed by atoms with Gasteiger partial charge in [-0.3, -0.25) is 8.74 Å². The molecule has 0 unspecified atom stereocenters. The van der Waals surface area contributed by atoms with Crippen LogP contribution in [0.2, 0.25) is 0 Å². The van der Waals surface area contributed by atoms with Gasteiger partial charge in [0.05, 0.1) is 13.7 Å². The molecule has 0 aliphatic rings. The zero-order chi connectivity index (χ0) is 17.3. The summed E-state index contributed by atoms with van der Waals surface area (Å²) in [5, 5.41) is 0. The standard InChI is InChI=1S/C14H18O2.CH4O4S.H3N/c1-10(2)14(15)16-9-8-13-7-5-6-11(3)12(13)4;1-5-6(2,3)4;/h5-7H,1,8-9H2,2-4H3;1H3,(H,2,3,4);1H3. The minimum atomic E-state index is -4.16. The molecule has 0 fully saturated rings. The van der Waals surface area contributed by atoms with Crippen LogP contribution in [0.3, 0.4) is 0 Å². The predicted molar refractivity (Wildman–Crippen MR) is 89.0 cm³/mol. The molecule has 0 aliphatic carbocycles. The molecule has 0 spiro atoms. The highest BCUT2D eigenvalue weighted by Gasteiger charge is 2.04. The smallest absolute Gasteiger partial charge is 0.397 e. The number of carbonyl (C=O) groups excluding carboxylic acids is 1. The molecular formula is C15H25NO6S. The molecule has 0 atom stereocenters. The van der Waals surface area contributed by atoms with E-state index in [-0.39, 0.29) is 12.1 Å². The molecule has 0 aromatic heterocycles. The summed E-state index contributed by atoms with van der Waals surface area (Å²) in [4.78, 5) is 11.2. The Kier molecular flexibility index (Phi) is 11.1. The Bertz CT molecular complexity index is 625. The lowest BCUT2D eigenvalue weighted by molar-refractivity contribution is -0.138. The van der Waals surface area contributed by atoms with Crippen molar-refractivity contribution >= 4 is 16.4 Å². The third-order valence-electron chi connectivity index (χ3n) is 2.88. The molecule has 23 heavy (non-hydrogen) atoms. The molecule has 1 aromatic rings. The van der Waals surface area contributed by atoms with Gasteiger partial charge in [0.25, 0.3) is 0 Å². The first-order valence-electron chi connectivity index (χ1n) is 6.49. The lowest BCUT2D eigenvalue weighted by Gasteiger charge is -2.09. The number of hydrogen-bond donors (Lipinski definition) is 2. The lowest BCUT2D eigenvalue weighted by Crippen LogP contribution is -2.08. The van der Waals surface area contributed by atoms with Crippen molar-refractivity contribution in [3.63, 3.8) is 0 Å². The highest BCUT2D eigenvalue weighted by atomic mass is 32.3. The quantitative estimate of drug-likeness (QED) is 0.476. The summed E-state index contributed by atoms with van der Waals surface area (Å²) in [6, 6.07) is 6.17. The van der Waals surface area contributed by atoms with Crippen LogP contribution in [0.5, 0.6) is 0 Å². The Morgan fingerprint density at radius 3 is 2.26 bits per heavy atom. The van der Waals surface area contributed by atoms with Gasteiger partial charge in [-0.25, -0.2) is 4.79 Å². The maximum Gasteiger partial charge on any atom is 0.397 e. The zero-order valence-corrected chi connectivity index (χ0v) is 14.8. The minimum absolute atomic E-state index is 0. The fourth-order valence-electron chi connectivity index (χ4n) is 1.46. The van der Waals surface area contributed by atoms with Crippen LogP contribution in [0, 0.1) is 13.8 Å². The molecule has 8 heteroatoms. The average Bonchev–Trinajstić information content (AvgIpc) is 2.43. The van der Waals surface area contributed by atoms with Gasteiger partial charge in [0, 0.05) is 12.0 Å². The van der Waals surface area contributed by atoms with Gasteiger partial charge in [-0.2, -0.15) is 8.42 Å². The van der Waals surface area contributed by atoms with Crippen LogP contribution < -0.4 is 6.15 Å². The molecule has 0 amide bonds. The van der Waals surface area contributed by atoms with Gasteiger partial charge in [-0.1, -0.05) is 24.8 Å². The predicted octanol–water partition coefficient (Wildman–Crippen LogP) is 2.56. The normalized spacial score (nSPS) is 9.96. The monoisotopic (exact) mass is 347 g/mol. The molecule has 0 aliphatic heterocycles. The van der Waals surface area contributed by atoms with Crippen molar-refractivity contribution < 1.29 is 26.7 Å². The first kappa shape index (κ1) is 23.5. The summed E-state index contributed by atoms with van der Waals surface area (Å²) >= 11 is 0. The summed E-state index contributed by atoms with van der Waals surface area (Å²) in [6.07, 6.45) is 0.756. The van der Waals surface area contributed by atoms with Crippen LogP contribution in [0.1, 0.15) is 23.6 Å². The van der Waals surface area contributed by atoms with E-state index in [2.05, 4.69) is 36.7 Å². The van der Waals surface area contributed by atoms with Gasteiger partial charge in [0.1, 0.15) is 0 Å². The topological polar surface area (TPSA) is 125 Å². The summed E-state index contributed by atoms with van der Waals surface area (Å²) < 4.78 is 34.8. The SMILES string of the molecule is C=C(C)C(=O)OCCc1cccc(C)c1C.COS(=O)(=O)O.N. The maximum absolute atomic E-state index is 11.2. The van der Waals surface area contributed by atoms with Crippen LogP contribution in [0.4, 0.5) is 0 Å². The molecule has 1 rings (SSSR count). The van der Waals surface area contributed by atoms with E-state index in [9.17, 15) is 13.2 Å². The Morgan fingerprint density at radius 1 is 1.30 bits per heavy atom. The van der Waals surface area contributed by atoms with Gasteiger partial charge in [0.15, 0.2) is 0 Å². The Morgan fingerprint density at radius 2 is 1.83 bits per heavy atom. The maximum atomic E-state index is 11.2. The second kappa shape index (κ2) is 10.9. The highest BCUT2D eigenvalue weighted by Crippen LogP contribution is 2.13. The third-order valence-corrected chi connectivity index (χ3v) is 3.30. The molecular weight excluding hydrogens is 322 g/mol. The Hall–Kier alpha value is -1.74. The molecule has 0 bridgehead atoms. The average molecular weight is 347 g/mol. The minimum Gasteiger partial charge on any atom is -0.462 e. The Labute approximate surface area is 137 Å². The van der Waals surface area contributed by atoms with Crippen LogP contribution in [0.25, 0.3) is 0 Å². The van der Waals surface area contributed by atoms with Gasteiger partial charge in [-0.15, -0.1) is 0 Å². The lowest BCUT2D eigenvalue weighted by atomic mass is 10.0. The fraction of sp³-hybridized carbons (Fsp3) is 0.400. The molecule has 0 saturated carbocycles. The number of esters is 1. The summed E-state index contributed by atoms with van der Waals surface area (Å²) in [6.45, 7) is 9.77. The van der Waals surface area contributed by atoms with Crippen LogP contribution in [-0.2, 0) is 30.5 Å². The molecule has 0 saturated heterocycles. The molecule has 1 aromatic carbocycles. The van der Waals surface area contributed by atoms with E-state index in [1.165, 1.54) is 16.7 Å². The zero-order valence-electron chi connectivity index (χ0n) is 14.0. The van der Waals surface area contributed by atoms with Crippen LogP contribution >= 0.6 is 0 Å². The fourth-order valence-corrected chi connectivity index (χ4v) is 1.46. The van der Waals surface area contributed by atoms with E-state index >= 15 is 0 Å². The number of hydrogen-bond acceptors (Lipinski definition) is 6. The van der Waals surface area contributed by atoms with Crippen molar-refractivity contribution in [3.8, 4) is 0 Å². The van der Waals surface area contributed by atoms with Gasteiger partial charge in [-0.05, 0) is 37.5 Å². The summed E-state index contributed by atoms with van der Waals surface area (Å²) in [5.41, 5.74) is 4.22. The van der Waals surface area contributed by atoms with E-state index in [0.29, 0.717) is 12.2 Å². The number of aryl methyl sites for hydroxylation is 1. The second-order valence-electron chi connectivity index (χ2n) is 4.62. The first-order chi connectivity index (χ1) is 10.1. The molecule has 0 radical (unpaired) electrons. The van der Waals surface area contributed by atoms with Crippen molar-refractivity contribution in [1.82, 2.24) is 6.15 Å². The van der Waals surface area contributed by atoms with E-state index < -0.39 is 10.4 Å². The van der Waals surface area contributed by atoms with Crippen LogP contribution in [0.15, 0.2) is 30.4 Å². The number of rotatable bonds is 5. The summed E-state index contributed by atoms with van der Waals surface area (Å²) in [7, 11) is -3.29. The molecule has 7 nitrogen and oxygen atoms in total. The number of ether oxygens (including phenoxy) is 1. The molecule has 4 N–H and O–H groups in total. The van der Waals surface area contributed by atoms with Gasteiger partial charge in [0.2, 0.25) is 0 Å². The van der Waals surface area contributed by atoms with Crippen molar-refractivity contribution in [2.75, 3.05) is 13.7 Å². The van der Waals surface area contributed by atoms with E-state index in [1.54, 1.807) is 6.92 Å². The highest BCUT2D eigenvalue weighted by molar-refractivity contribution is 7.80. The van der Waals surface area contributed by atoms with Gasteiger partial charge >= 0.3 is 16.4 Å². The van der Waals surface area contributed by atoms with E-state index in [1.807, 2.05) is 6.07 Å². The van der Waals surface area contributed by atoms with Crippen molar-refractivity contribution in [1.29, 1.82) is 0 Å². The van der Waals surface area contributed by atoms with E-state index in [0.717, 1.165) is 13.5 Å². The number of benzene rings is 1. The van der Waals surface area contributed by atoms with E-state index in [4.69, 9.17) is 9.29 Å².